The molecule has 1 saturated carbocycles. The van der Waals surface area contributed by atoms with E-state index in [-0.39, 0.29) is 22.2 Å². The maximum atomic E-state index is 12.4. The number of carbonyl (C=O) groups is 1. The summed E-state index contributed by atoms with van der Waals surface area (Å²) in [5.74, 6) is -1.27. The number of nitrogens with one attached hydrogen (secondary N) is 1. The first kappa shape index (κ1) is 17.4. The van der Waals surface area contributed by atoms with Gasteiger partial charge < -0.3 is 5.11 Å². The molecule has 9 heteroatoms. The Kier molecular flexibility index (Phi) is 5.00. The molecule has 1 fully saturated rings. The maximum Gasteiger partial charge on any atom is 0.306 e. The summed E-state index contributed by atoms with van der Waals surface area (Å²) in [6, 6.07) is 3.33. The van der Waals surface area contributed by atoms with Crippen LogP contribution in [0, 0.1) is 23.0 Å². The third-order valence-electron chi connectivity index (χ3n) is 4.07. The van der Waals surface area contributed by atoms with Gasteiger partial charge in [0.25, 0.3) is 5.69 Å². The summed E-state index contributed by atoms with van der Waals surface area (Å²) in [7, 11) is -3.78. The Bertz CT molecular complexity index is 723. The molecule has 23 heavy (non-hydrogen) atoms. The number of rotatable bonds is 5. The first-order valence-electron chi connectivity index (χ1n) is 7.21. The van der Waals surface area contributed by atoms with Crippen molar-refractivity contribution in [2.45, 2.75) is 43.5 Å². The molecular formula is C14H18N2O6S. The fourth-order valence-corrected chi connectivity index (χ4v) is 4.14. The van der Waals surface area contributed by atoms with Crippen molar-refractivity contribution in [1.29, 1.82) is 0 Å². The second kappa shape index (κ2) is 6.63. The molecule has 1 aliphatic rings. The van der Waals surface area contributed by atoms with Gasteiger partial charge >= 0.3 is 5.97 Å². The monoisotopic (exact) mass is 342 g/mol. The zero-order valence-corrected chi connectivity index (χ0v) is 13.4. The third-order valence-corrected chi connectivity index (χ3v) is 5.59. The summed E-state index contributed by atoms with van der Waals surface area (Å²) in [4.78, 5) is 21.1. The number of hydrogen-bond acceptors (Lipinski definition) is 5. The molecule has 0 saturated heterocycles. The molecule has 0 bridgehead atoms. The molecule has 2 rings (SSSR count). The number of nitro groups is 1. The molecule has 0 radical (unpaired) electrons. The van der Waals surface area contributed by atoms with Crippen LogP contribution in [0.1, 0.15) is 31.2 Å². The van der Waals surface area contributed by atoms with E-state index in [1.807, 2.05) is 0 Å². The van der Waals surface area contributed by atoms with Crippen molar-refractivity contribution in [2.24, 2.45) is 5.92 Å². The molecule has 0 aliphatic heterocycles. The second-order valence-corrected chi connectivity index (χ2v) is 7.43. The Hall–Kier alpha value is -2.00. The van der Waals surface area contributed by atoms with E-state index in [1.165, 1.54) is 25.1 Å². The Morgan fingerprint density at radius 2 is 1.91 bits per heavy atom. The average molecular weight is 342 g/mol. The van der Waals surface area contributed by atoms with Gasteiger partial charge in [-0.1, -0.05) is 0 Å². The first-order valence-corrected chi connectivity index (χ1v) is 8.69. The fraction of sp³-hybridized carbons (Fsp3) is 0.500. The minimum atomic E-state index is -3.78. The highest BCUT2D eigenvalue weighted by atomic mass is 32.2. The Morgan fingerprint density at radius 1 is 1.30 bits per heavy atom. The van der Waals surface area contributed by atoms with E-state index in [1.54, 1.807) is 0 Å². The normalized spacial score (nSPS) is 21.8. The van der Waals surface area contributed by atoms with E-state index in [2.05, 4.69) is 4.72 Å². The molecule has 1 aromatic carbocycles. The molecule has 0 unspecified atom stereocenters. The van der Waals surface area contributed by atoms with Crippen molar-refractivity contribution in [3.63, 3.8) is 0 Å². The first-order chi connectivity index (χ1) is 10.7. The highest BCUT2D eigenvalue weighted by Gasteiger charge is 2.29. The number of hydrogen-bond donors (Lipinski definition) is 2. The lowest BCUT2D eigenvalue weighted by molar-refractivity contribution is -0.385. The van der Waals surface area contributed by atoms with Gasteiger partial charge in [0, 0.05) is 17.7 Å². The standard InChI is InChI=1S/C14H18N2O6S/c1-9-8-12(6-7-13(9)16(19)20)23(21,22)15-11-4-2-10(3-5-11)14(17)18/h6-8,10-11,15H,2-5H2,1H3,(H,17,18). The summed E-state index contributed by atoms with van der Waals surface area (Å²) < 4.78 is 27.3. The largest absolute Gasteiger partial charge is 0.481 e. The van der Waals surface area contributed by atoms with Crippen molar-refractivity contribution < 1.29 is 23.2 Å². The molecule has 2 N–H and O–H groups in total. The van der Waals surface area contributed by atoms with Gasteiger partial charge in [-0.2, -0.15) is 0 Å². The van der Waals surface area contributed by atoms with Crippen LogP contribution in [-0.4, -0.2) is 30.5 Å². The third kappa shape index (κ3) is 4.05. The van der Waals surface area contributed by atoms with E-state index in [4.69, 9.17) is 5.11 Å². The van der Waals surface area contributed by atoms with Crippen molar-refractivity contribution in [3.05, 3.63) is 33.9 Å². The van der Waals surface area contributed by atoms with E-state index >= 15 is 0 Å². The summed E-state index contributed by atoms with van der Waals surface area (Å²) >= 11 is 0. The minimum Gasteiger partial charge on any atom is -0.481 e. The lowest BCUT2D eigenvalue weighted by Crippen LogP contribution is -2.38. The Labute approximate surface area is 133 Å². The topological polar surface area (TPSA) is 127 Å². The van der Waals surface area contributed by atoms with Crippen molar-refractivity contribution >= 4 is 21.7 Å². The molecular weight excluding hydrogens is 324 g/mol. The lowest BCUT2D eigenvalue weighted by Gasteiger charge is -2.26. The number of carboxylic acids is 1. The highest BCUT2D eigenvalue weighted by Crippen LogP contribution is 2.26. The van der Waals surface area contributed by atoms with Crippen LogP contribution in [0.25, 0.3) is 0 Å². The SMILES string of the molecule is Cc1cc(S(=O)(=O)NC2CCC(C(=O)O)CC2)ccc1[N+](=O)[O-]. The van der Waals surface area contributed by atoms with Crippen LogP contribution >= 0.6 is 0 Å². The summed E-state index contributed by atoms with van der Waals surface area (Å²) in [5.41, 5.74) is 0.137. The smallest absolute Gasteiger partial charge is 0.306 e. The number of benzene rings is 1. The van der Waals surface area contributed by atoms with Gasteiger partial charge in [-0.25, -0.2) is 13.1 Å². The van der Waals surface area contributed by atoms with Gasteiger partial charge in [0.1, 0.15) is 0 Å². The molecule has 0 atom stereocenters. The maximum absolute atomic E-state index is 12.4. The zero-order valence-electron chi connectivity index (χ0n) is 12.6. The average Bonchev–Trinajstić information content (AvgIpc) is 2.46. The predicted octanol–water partition coefficient (Wildman–Crippen LogP) is 1.82. The Balaban J connectivity index is 2.09. The van der Waals surface area contributed by atoms with Crippen LogP contribution in [0.15, 0.2) is 23.1 Å². The van der Waals surface area contributed by atoms with Gasteiger partial charge in [0.2, 0.25) is 10.0 Å². The van der Waals surface area contributed by atoms with Gasteiger partial charge in [0.05, 0.1) is 15.7 Å². The number of nitrogens with zero attached hydrogens (tertiary/aromatic N) is 1. The van der Waals surface area contributed by atoms with Crippen LogP contribution in [0.5, 0.6) is 0 Å². The number of aryl methyl sites for hydroxylation is 1. The van der Waals surface area contributed by atoms with Crippen LogP contribution in [0.3, 0.4) is 0 Å². The van der Waals surface area contributed by atoms with E-state index < -0.39 is 26.8 Å². The predicted molar refractivity (Wildman–Crippen MR) is 81.5 cm³/mol. The van der Waals surface area contributed by atoms with Gasteiger partial charge in [-0.3, -0.25) is 14.9 Å². The number of aliphatic carboxylic acids is 1. The fourth-order valence-electron chi connectivity index (χ4n) is 2.75. The van der Waals surface area contributed by atoms with Crippen molar-refractivity contribution in [2.75, 3.05) is 0 Å². The van der Waals surface area contributed by atoms with Gasteiger partial charge in [-0.05, 0) is 44.7 Å². The van der Waals surface area contributed by atoms with Crippen LogP contribution in [0.4, 0.5) is 5.69 Å². The molecule has 1 aromatic rings. The number of nitro benzene ring substituents is 1. The molecule has 0 amide bonds. The van der Waals surface area contributed by atoms with Gasteiger partial charge in [0.15, 0.2) is 0 Å². The molecule has 126 valence electrons. The molecule has 0 spiro atoms. The van der Waals surface area contributed by atoms with Crippen LogP contribution < -0.4 is 4.72 Å². The zero-order chi connectivity index (χ0) is 17.2. The van der Waals surface area contributed by atoms with E-state index in [9.17, 15) is 23.3 Å². The second-order valence-electron chi connectivity index (χ2n) is 5.71. The number of carboxylic acid groups (broad SMARTS) is 1. The van der Waals surface area contributed by atoms with Crippen LogP contribution in [-0.2, 0) is 14.8 Å². The van der Waals surface area contributed by atoms with E-state index in [0.29, 0.717) is 25.7 Å². The van der Waals surface area contributed by atoms with Crippen molar-refractivity contribution in [1.82, 2.24) is 4.72 Å². The molecule has 0 aromatic heterocycles. The lowest BCUT2D eigenvalue weighted by atomic mass is 9.87. The summed E-state index contributed by atoms with van der Waals surface area (Å²) in [6.45, 7) is 1.48. The summed E-state index contributed by atoms with van der Waals surface area (Å²) in [5, 5.41) is 19.7. The molecule has 1 aliphatic carbocycles. The van der Waals surface area contributed by atoms with Crippen molar-refractivity contribution in [3.8, 4) is 0 Å². The quantitative estimate of drug-likeness (QED) is 0.621. The van der Waals surface area contributed by atoms with Crippen LogP contribution in [0.2, 0.25) is 0 Å². The molecule has 8 nitrogen and oxygen atoms in total. The molecule has 0 heterocycles. The minimum absolute atomic E-state index is 0.0269. The summed E-state index contributed by atoms with van der Waals surface area (Å²) in [6.07, 6.45) is 1.79. The van der Waals surface area contributed by atoms with Gasteiger partial charge in [-0.15, -0.1) is 0 Å². The highest BCUT2D eigenvalue weighted by molar-refractivity contribution is 7.89. The number of sulfonamides is 1. The van der Waals surface area contributed by atoms with E-state index in [0.717, 1.165) is 0 Å². The Morgan fingerprint density at radius 3 is 2.39 bits per heavy atom.